The Kier molecular flexibility index (Phi) is 19.5. The number of nitrogens with one attached hydrogen (secondary N) is 1. The summed E-state index contributed by atoms with van der Waals surface area (Å²) in [5.74, 6) is 1.98. The molecule has 4 N–H and O–H groups in total. The van der Waals surface area contributed by atoms with Gasteiger partial charge in [0.15, 0.2) is 37.2 Å². The fourth-order valence-corrected chi connectivity index (χ4v) is 8.30. The molecular formula is C51H66N2O9P+. The second kappa shape index (κ2) is 25.6. The van der Waals surface area contributed by atoms with E-state index in [-0.39, 0.29) is 12.0 Å². The summed E-state index contributed by atoms with van der Waals surface area (Å²) in [4.78, 5) is 18.6. The van der Waals surface area contributed by atoms with Gasteiger partial charge in [0.2, 0.25) is 0 Å². The molecule has 0 spiro atoms. The third-order valence-corrected chi connectivity index (χ3v) is 12.1. The zero-order valence-electron chi connectivity index (χ0n) is 36.7. The molecule has 2 atom stereocenters. The van der Waals surface area contributed by atoms with Crippen molar-refractivity contribution < 1.29 is 47.5 Å². The molecule has 1 aliphatic carbocycles. The van der Waals surface area contributed by atoms with Gasteiger partial charge in [0.25, 0.3) is 0 Å². The molecule has 5 aromatic rings. The Morgan fingerprint density at radius 1 is 0.730 bits per heavy atom. The summed E-state index contributed by atoms with van der Waals surface area (Å²) >= 11 is 0. The van der Waals surface area contributed by atoms with Crippen LogP contribution >= 0.6 is 7.82 Å². The fraction of sp³-hybridized carbons (Fsp3) is 0.431. The van der Waals surface area contributed by atoms with Crippen molar-refractivity contribution in [3.05, 3.63) is 155 Å². The minimum Gasteiger partial charge on any atom is -0.493 e. The van der Waals surface area contributed by atoms with E-state index in [9.17, 15) is 19.5 Å². The van der Waals surface area contributed by atoms with Crippen LogP contribution in [0.4, 0.5) is 0 Å². The molecule has 0 amide bonds. The molecular weight excluding hydrogens is 816 g/mol. The Labute approximate surface area is 373 Å². The number of hydrogen-bond donors (Lipinski definition) is 4. The molecule has 0 bridgehead atoms. The molecule has 1 aromatic heterocycles. The number of nitrogens with zero attached hydrogens (tertiary/aromatic N) is 1. The third kappa shape index (κ3) is 16.5. The van der Waals surface area contributed by atoms with E-state index in [1.807, 2.05) is 47.3 Å². The van der Waals surface area contributed by atoms with Crippen molar-refractivity contribution in [2.45, 2.75) is 102 Å². The number of benzene rings is 4. The van der Waals surface area contributed by atoms with Crippen LogP contribution in [0.25, 0.3) is 0 Å². The molecule has 0 saturated heterocycles. The number of aryl methyl sites for hydroxylation is 1. The molecule has 0 radical (unpaired) electrons. The Hall–Kier alpha value is -4.58. The van der Waals surface area contributed by atoms with Gasteiger partial charge >= 0.3 is 7.82 Å². The fourth-order valence-electron chi connectivity index (χ4n) is 8.11. The molecule has 1 aliphatic rings. The van der Waals surface area contributed by atoms with Crippen LogP contribution in [0.15, 0.2) is 122 Å². The zero-order chi connectivity index (χ0) is 44.1. The van der Waals surface area contributed by atoms with Crippen LogP contribution in [0.5, 0.6) is 17.2 Å². The lowest BCUT2D eigenvalue weighted by molar-refractivity contribution is -0.688. The first-order valence-corrected chi connectivity index (χ1v) is 24.1. The predicted octanol–water partition coefficient (Wildman–Crippen LogP) is 9.40. The molecule has 4 aromatic carbocycles. The number of rotatable bonds is 28. The van der Waals surface area contributed by atoms with Crippen LogP contribution in [-0.2, 0) is 33.2 Å². The van der Waals surface area contributed by atoms with Crippen molar-refractivity contribution in [1.29, 1.82) is 0 Å². The van der Waals surface area contributed by atoms with E-state index in [0.29, 0.717) is 24.4 Å². The highest BCUT2D eigenvalue weighted by atomic mass is 31.2. The SMILES string of the molecule is COc1ccc([C@H](Cc2cc[n+](Cc3ccc(C(O)CNCCCCCCOCCCCc4ccccc4)cc3OCOP(=O)(O)O)cc2)c2ccccc2)cc1OC1CCCC1. The van der Waals surface area contributed by atoms with Crippen molar-refractivity contribution in [2.24, 2.45) is 0 Å². The highest BCUT2D eigenvalue weighted by molar-refractivity contribution is 7.46. The first kappa shape index (κ1) is 47.9. The lowest BCUT2D eigenvalue weighted by atomic mass is 9.86. The minimum atomic E-state index is -4.75. The lowest BCUT2D eigenvalue weighted by Gasteiger charge is -2.21. The van der Waals surface area contributed by atoms with Crippen molar-refractivity contribution in [3.63, 3.8) is 0 Å². The number of phosphoric ester groups is 1. The third-order valence-electron chi connectivity index (χ3n) is 11.6. The van der Waals surface area contributed by atoms with E-state index in [4.69, 9.17) is 18.9 Å². The van der Waals surface area contributed by atoms with Gasteiger partial charge in [-0.2, -0.15) is 0 Å². The second-order valence-corrected chi connectivity index (χ2v) is 17.7. The topological polar surface area (TPSA) is 140 Å². The van der Waals surface area contributed by atoms with Gasteiger partial charge in [0.05, 0.1) is 24.9 Å². The number of pyridine rings is 1. The largest absolute Gasteiger partial charge is 0.493 e. The molecule has 1 heterocycles. The summed E-state index contributed by atoms with van der Waals surface area (Å²) < 4.78 is 41.8. The maximum atomic E-state index is 11.4. The van der Waals surface area contributed by atoms with Crippen LogP contribution in [-0.4, -0.2) is 61.2 Å². The molecule has 338 valence electrons. The van der Waals surface area contributed by atoms with Gasteiger partial charge in [-0.3, -0.25) is 0 Å². The van der Waals surface area contributed by atoms with Gasteiger partial charge in [0, 0.05) is 37.8 Å². The van der Waals surface area contributed by atoms with Crippen LogP contribution in [0.2, 0.25) is 0 Å². The molecule has 1 fully saturated rings. The number of phosphoric acid groups is 1. The van der Waals surface area contributed by atoms with Gasteiger partial charge in [-0.1, -0.05) is 85.6 Å². The summed E-state index contributed by atoms with van der Waals surface area (Å²) in [5.41, 5.74) is 6.28. The summed E-state index contributed by atoms with van der Waals surface area (Å²) in [6.07, 6.45) is 16.2. The number of aromatic nitrogens is 1. The number of aliphatic hydroxyl groups excluding tert-OH is 1. The quantitative estimate of drug-likeness (QED) is 0.0166. The van der Waals surface area contributed by atoms with Crippen LogP contribution in [0.3, 0.4) is 0 Å². The summed E-state index contributed by atoms with van der Waals surface area (Å²) in [5, 5.41) is 14.4. The van der Waals surface area contributed by atoms with Crippen molar-refractivity contribution in [2.75, 3.05) is 40.2 Å². The highest BCUT2D eigenvalue weighted by Crippen LogP contribution is 2.38. The second-order valence-electron chi connectivity index (χ2n) is 16.4. The van der Waals surface area contributed by atoms with Gasteiger partial charge in [-0.15, -0.1) is 0 Å². The minimum absolute atomic E-state index is 0.0808. The Morgan fingerprint density at radius 3 is 2.14 bits per heavy atom. The monoisotopic (exact) mass is 881 g/mol. The Bertz CT molecular complexity index is 2110. The van der Waals surface area contributed by atoms with E-state index in [1.165, 1.54) is 24.0 Å². The summed E-state index contributed by atoms with van der Waals surface area (Å²) in [6.45, 7) is 2.51. The van der Waals surface area contributed by atoms with Crippen LogP contribution in [0, 0.1) is 0 Å². The standard InChI is InChI=1S/C51H65N2O9P/c1-58-49-26-25-43(35-51(49)62-46-21-10-11-22-46)47(42-19-8-5-9-20-42)34-41-27-30-53(31-28-41)38-45-24-23-44(36-50(45)60-39-61-63(55,56)57)48(54)37-52-29-13-2-3-14-32-59-33-15-12-18-40-16-6-4-7-17-40/h4-9,16-17,19-20,23-28,30-31,35-36,46-48,52,54H,2-3,10-15,18,21-22,29,32-34,37-39H2,1H3,(H-,55,56,57)/p+1/t47-,48?/m1/s1. The smallest absolute Gasteiger partial charge is 0.472 e. The van der Waals surface area contributed by atoms with Crippen molar-refractivity contribution >= 4 is 7.82 Å². The highest BCUT2D eigenvalue weighted by Gasteiger charge is 2.23. The van der Waals surface area contributed by atoms with Crippen molar-refractivity contribution in [1.82, 2.24) is 5.32 Å². The van der Waals surface area contributed by atoms with E-state index >= 15 is 0 Å². The number of hydrogen-bond acceptors (Lipinski definition) is 8. The number of ether oxygens (including phenoxy) is 4. The molecule has 1 unspecified atom stereocenters. The van der Waals surface area contributed by atoms with E-state index in [1.54, 1.807) is 13.2 Å². The van der Waals surface area contributed by atoms with E-state index < -0.39 is 20.7 Å². The maximum Gasteiger partial charge on any atom is 0.472 e. The summed E-state index contributed by atoms with van der Waals surface area (Å²) in [6, 6.07) is 37.0. The average molecular weight is 882 g/mol. The number of unbranched alkanes of at least 4 members (excludes halogenated alkanes) is 4. The molecule has 0 aliphatic heterocycles. The van der Waals surface area contributed by atoms with Crippen molar-refractivity contribution in [3.8, 4) is 17.2 Å². The maximum absolute atomic E-state index is 11.4. The first-order chi connectivity index (χ1) is 30.7. The Morgan fingerprint density at radius 2 is 1.41 bits per heavy atom. The molecule has 6 rings (SSSR count). The Balaban J connectivity index is 0.999. The van der Waals surface area contributed by atoms with Gasteiger partial charge in [0.1, 0.15) is 5.75 Å². The first-order valence-electron chi connectivity index (χ1n) is 22.6. The number of methoxy groups -OCH3 is 1. The van der Waals surface area contributed by atoms with E-state index in [2.05, 4.69) is 82.6 Å². The van der Waals surface area contributed by atoms with Crippen LogP contribution in [0.1, 0.15) is 110 Å². The summed E-state index contributed by atoms with van der Waals surface area (Å²) in [7, 11) is -3.06. The molecule has 12 heteroatoms. The molecule has 11 nitrogen and oxygen atoms in total. The van der Waals surface area contributed by atoms with Gasteiger partial charge in [-0.25, -0.2) is 13.7 Å². The number of aliphatic hydroxyl groups is 1. The van der Waals surface area contributed by atoms with Gasteiger partial charge < -0.3 is 39.2 Å². The lowest BCUT2D eigenvalue weighted by Crippen LogP contribution is -2.33. The van der Waals surface area contributed by atoms with E-state index in [0.717, 1.165) is 112 Å². The van der Waals surface area contributed by atoms with Crippen LogP contribution < -0.4 is 24.1 Å². The normalized spacial score (nSPS) is 14.1. The molecule has 1 saturated carbocycles. The average Bonchev–Trinajstić information content (AvgIpc) is 3.81. The predicted molar refractivity (Wildman–Crippen MR) is 245 cm³/mol. The molecule has 63 heavy (non-hydrogen) atoms. The zero-order valence-corrected chi connectivity index (χ0v) is 37.6. The van der Waals surface area contributed by atoms with Gasteiger partial charge in [-0.05, 0) is 123 Å².